The Labute approximate surface area is 70.4 Å². The lowest BCUT2D eigenvalue weighted by Crippen LogP contribution is -2.14. The van der Waals surface area contributed by atoms with Gasteiger partial charge in [0, 0.05) is 0 Å². The molecule has 0 radical (unpaired) electrons. The molecule has 1 spiro atoms. The fourth-order valence-corrected chi connectivity index (χ4v) is 3.33. The van der Waals surface area contributed by atoms with E-state index in [0.717, 1.165) is 23.2 Å². The van der Waals surface area contributed by atoms with Crippen molar-refractivity contribution < 1.29 is 0 Å². The summed E-state index contributed by atoms with van der Waals surface area (Å²) < 4.78 is 0. The maximum Gasteiger partial charge on any atom is -0.0264 e. The largest absolute Gasteiger partial charge is 0.0625 e. The Bertz CT molecular complexity index is 153. The van der Waals surface area contributed by atoms with Crippen LogP contribution in [0.3, 0.4) is 0 Å². The number of rotatable bonds is 1. The van der Waals surface area contributed by atoms with Gasteiger partial charge in [-0.05, 0) is 48.9 Å². The first kappa shape index (κ1) is 7.64. The molecule has 11 heavy (non-hydrogen) atoms. The third-order valence-electron chi connectivity index (χ3n) is 3.89. The average Bonchev–Trinajstić information content (AvgIpc) is 2.54. The molecule has 0 aliphatic heterocycles. The summed E-state index contributed by atoms with van der Waals surface area (Å²) in [6.45, 7) is 7.24. The lowest BCUT2D eigenvalue weighted by molar-refractivity contribution is 0.275. The summed E-state index contributed by atoms with van der Waals surface area (Å²) in [7, 11) is 0. The van der Waals surface area contributed by atoms with Crippen LogP contribution in [0, 0.1) is 23.2 Å². The minimum absolute atomic E-state index is 0.855. The van der Waals surface area contributed by atoms with E-state index in [0.29, 0.717) is 0 Å². The molecule has 0 nitrogen and oxygen atoms in total. The number of hydrogen-bond acceptors (Lipinski definition) is 0. The minimum Gasteiger partial charge on any atom is -0.0625 e. The van der Waals surface area contributed by atoms with E-state index in [9.17, 15) is 0 Å². The Kier molecular flexibility index (Phi) is 1.56. The van der Waals surface area contributed by atoms with E-state index in [-0.39, 0.29) is 0 Å². The fourth-order valence-electron chi connectivity index (χ4n) is 3.33. The van der Waals surface area contributed by atoms with Gasteiger partial charge in [0.25, 0.3) is 0 Å². The highest BCUT2D eigenvalue weighted by Gasteiger charge is 2.54. The van der Waals surface area contributed by atoms with Crippen molar-refractivity contribution in [3.8, 4) is 0 Å². The van der Waals surface area contributed by atoms with Crippen molar-refractivity contribution in [1.82, 2.24) is 0 Å². The molecule has 2 rings (SSSR count). The third-order valence-corrected chi connectivity index (χ3v) is 3.89. The molecule has 2 aliphatic carbocycles. The van der Waals surface area contributed by atoms with Crippen LogP contribution >= 0.6 is 0 Å². The van der Waals surface area contributed by atoms with Gasteiger partial charge < -0.3 is 0 Å². The van der Waals surface area contributed by atoms with Gasteiger partial charge in [-0.1, -0.05) is 20.8 Å². The maximum absolute atomic E-state index is 2.43. The van der Waals surface area contributed by atoms with Crippen molar-refractivity contribution in [3.05, 3.63) is 0 Å². The van der Waals surface area contributed by atoms with E-state index >= 15 is 0 Å². The summed E-state index contributed by atoms with van der Waals surface area (Å²) in [5.74, 6) is 3.02. The second-order valence-corrected chi connectivity index (χ2v) is 5.26. The smallest absolute Gasteiger partial charge is 0.0264 e. The van der Waals surface area contributed by atoms with Crippen molar-refractivity contribution in [3.63, 3.8) is 0 Å². The van der Waals surface area contributed by atoms with E-state index in [1.165, 1.54) is 12.8 Å². The van der Waals surface area contributed by atoms with Gasteiger partial charge in [0.05, 0.1) is 0 Å². The van der Waals surface area contributed by atoms with Crippen LogP contribution in [-0.2, 0) is 0 Å². The van der Waals surface area contributed by atoms with Gasteiger partial charge >= 0.3 is 0 Å². The van der Waals surface area contributed by atoms with Crippen LogP contribution in [0.4, 0.5) is 0 Å². The van der Waals surface area contributed by atoms with Gasteiger partial charge in [0.1, 0.15) is 0 Å². The lowest BCUT2D eigenvalue weighted by Gasteiger charge is -2.21. The normalized spacial score (nSPS) is 40.4. The quantitative estimate of drug-likeness (QED) is 0.539. The second kappa shape index (κ2) is 2.24. The number of hydrogen-bond donors (Lipinski definition) is 0. The summed E-state index contributed by atoms with van der Waals surface area (Å²) in [5.41, 5.74) is 0.855. The Hall–Kier alpha value is 0. The first-order chi connectivity index (χ1) is 5.14. The molecule has 2 fully saturated rings. The molecule has 0 bridgehead atoms. The highest BCUT2D eigenvalue weighted by atomic mass is 14.6. The van der Waals surface area contributed by atoms with Crippen LogP contribution in [-0.4, -0.2) is 0 Å². The molecule has 64 valence electrons. The van der Waals surface area contributed by atoms with Gasteiger partial charge in [0.15, 0.2) is 0 Å². The van der Waals surface area contributed by atoms with E-state index < -0.39 is 0 Å². The fraction of sp³-hybridized carbons (Fsp3) is 1.00. The molecule has 0 N–H and O–H groups in total. The highest BCUT2D eigenvalue weighted by Crippen LogP contribution is 2.64. The molecule has 2 saturated carbocycles. The van der Waals surface area contributed by atoms with Crippen LogP contribution in [0.1, 0.15) is 46.5 Å². The molecule has 0 heteroatoms. The maximum atomic E-state index is 2.43. The van der Waals surface area contributed by atoms with Crippen molar-refractivity contribution in [2.45, 2.75) is 46.5 Å². The topological polar surface area (TPSA) is 0 Å². The molecule has 0 saturated heterocycles. The van der Waals surface area contributed by atoms with Crippen LogP contribution in [0.15, 0.2) is 0 Å². The molecular formula is C11H20. The van der Waals surface area contributed by atoms with Gasteiger partial charge in [-0.15, -0.1) is 0 Å². The van der Waals surface area contributed by atoms with Crippen LogP contribution in [0.25, 0.3) is 0 Å². The van der Waals surface area contributed by atoms with Gasteiger partial charge in [-0.25, -0.2) is 0 Å². The highest BCUT2D eigenvalue weighted by molar-refractivity contribution is 5.04. The summed E-state index contributed by atoms with van der Waals surface area (Å²) >= 11 is 0. The SMILES string of the molecule is CC1CC(C(C)C)C2(CC2)C1. The molecule has 0 aromatic carbocycles. The standard InChI is InChI=1S/C11H20/c1-8(2)10-6-9(3)7-11(10)4-5-11/h8-10H,4-7H2,1-3H3. The van der Waals surface area contributed by atoms with E-state index in [1.807, 2.05) is 0 Å². The van der Waals surface area contributed by atoms with Crippen molar-refractivity contribution in [2.24, 2.45) is 23.2 Å². The van der Waals surface area contributed by atoms with Crippen molar-refractivity contribution >= 4 is 0 Å². The zero-order chi connectivity index (χ0) is 8.06. The Morgan fingerprint density at radius 1 is 1.27 bits per heavy atom. The Balaban J connectivity index is 2.09. The predicted molar refractivity (Wildman–Crippen MR) is 48.4 cm³/mol. The van der Waals surface area contributed by atoms with Crippen LogP contribution < -0.4 is 0 Å². The molecule has 0 heterocycles. The van der Waals surface area contributed by atoms with Gasteiger partial charge in [-0.3, -0.25) is 0 Å². The van der Waals surface area contributed by atoms with E-state index in [1.54, 1.807) is 12.8 Å². The second-order valence-electron chi connectivity index (χ2n) is 5.26. The monoisotopic (exact) mass is 152 g/mol. The summed E-state index contributed by atoms with van der Waals surface area (Å²) in [4.78, 5) is 0. The van der Waals surface area contributed by atoms with Gasteiger partial charge in [0.2, 0.25) is 0 Å². The first-order valence-corrected chi connectivity index (χ1v) is 5.14. The molecule has 0 aromatic rings. The molecule has 2 unspecified atom stereocenters. The zero-order valence-corrected chi connectivity index (χ0v) is 8.06. The summed E-state index contributed by atoms with van der Waals surface area (Å²) in [6.07, 6.45) is 6.13. The van der Waals surface area contributed by atoms with Crippen molar-refractivity contribution in [2.75, 3.05) is 0 Å². The summed E-state index contributed by atoms with van der Waals surface area (Å²) in [5, 5.41) is 0. The summed E-state index contributed by atoms with van der Waals surface area (Å²) in [6, 6.07) is 0. The minimum atomic E-state index is 0.855. The molecule has 0 aromatic heterocycles. The Morgan fingerprint density at radius 3 is 2.27 bits per heavy atom. The Morgan fingerprint density at radius 2 is 1.91 bits per heavy atom. The molecule has 2 atom stereocenters. The molecule has 2 aliphatic rings. The lowest BCUT2D eigenvalue weighted by atomic mass is 9.84. The molecular weight excluding hydrogens is 132 g/mol. The van der Waals surface area contributed by atoms with E-state index in [4.69, 9.17) is 0 Å². The molecule has 0 amide bonds. The van der Waals surface area contributed by atoms with Crippen molar-refractivity contribution in [1.29, 1.82) is 0 Å². The first-order valence-electron chi connectivity index (χ1n) is 5.14. The zero-order valence-electron chi connectivity index (χ0n) is 8.06. The van der Waals surface area contributed by atoms with Crippen LogP contribution in [0.2, 0.25) is 0 Å². The third kappa shape index (κ3) is 1.11. The van der Waals surface area contributed by atoms with Crippen LogP contribution in [0.5, 0.6) is 0 Å². The van der Waals surface area contributed by atoms with Gasteiger partial charge in [-0.2, -0.15) is 0 Å². The average molecular weight is 152 g/mol. The van der Waals surface area contributed by atoms with E-state index in [2.05, 4.69) is 20.8 Å². The predicted octanol–water partition coefficient (Wildman–Crippen LogP) is 3.47.